The number of amides is 1. The predicted molar refractivity (Wildman–Crippen MR) is 105 cm³/mol. The lowest BCUT2D eigenvalue weighted by Gasteiger charge is -2.32. The molecule has 26 heavy (non-hydrogen) atoms. The van der Waals surface area contributed by atoms with Crippen molar-refractivity contribution >= 4 is 29.0 Å². The molecule has 0 spiro atoms. The van der Waals surface area contributed by atoms with E-state index in [9.17, 15) is 4.79 Å². The van der Waals surface area contributed by atoms with E-state index in [-0.39, 0.29) is 5.91 Å². The number of anilines is 2. The third-order valence-corrected chi connectivity index (χ3v) is 5.43. The summed E-state index contributed by atoms with van der Waals surface area (Å²) in [4.78, 5) is 21.0. The highest BCUT2D eigenvalue weighted by Gasteiger charge is 2.22. The first kappa shape index (κ1) is 16.7. The Morgan fingerprint density at radius 3 is 2.31 bits per heavy atom. The van der Waals surface area contributed by atoms with E-state index in [1.54, 1.807) is 24.5 Å². The Labute approximate surface area is 157 Å². The van der Waals surface area contributed by atoms with Gasteiger partial charge in [0, 0.05) is 35.3 Å². The highest BCUT2D eigenvalue weighted by atomic mass is 32.2. The molecular formula is C21H19N3OS. The molecule has 3 aromatic rings. The van der Waals surface area contributed by atoms with Crippen LogP contribution in [-0.2, 0) is 0 Å². The molecule has 1 aliphatic heterocycles. The number of benzene rings is 2. The number of aromatic nitrogens is 1. The molecule has 0 fully saturated rings. The summed E-state index contributed by atoms with van der Waals surface area (Å²) in [5, 5.41) is 2.98. The van der Waals surface area contributed by atoms with Crippen LogP contribution >= 0.6 is 11.8 Å². The maximum atomic E-state index is 12.1. The van der Waals surface area contributed by atoms with Crippen LogP contribution in [0.4, 0.5) is 11.4 Å². The molecule has 0 saturated heterocycles. The minimum Gasteiger partial charge on any atom is -0.352 e. The summed E-state index contributed by atoms with van der Waals surface area (Å²) in [6, 6.07) is 20.5. The molecular weight excluding hydrogens is 342 g/mol. The maximum Gasteiger partial charge on any atom is 0.252 e. The Morgan fingerprint density at radius 1 is 0.962 bits per heavy atom. The van der Waals surface area contributed by atoms with Crippen molar-refractivity contribution < 1.29 is 4.79 Å². The molecule has 0 unspecified atom stereocenters. The van der Waals surface area contributed by atoms with Crippen molar-refractivity contribution in [2.24, 2.45) is 0 Å². The lowest BCUT2D eigenvalue weighted by molar-refractivity contribution is 0.0953. The summed E-state index contributed by atoms with van der Waals surface area (Å²) >= 11 is 1.81. The first-order chi connectivity index (χ1) is 12.8. The van der Waals surface area contributed by atoms with Crippen LogP contribution in [0.1, 0.15) is 16.8 Å². The first-order valence-electron chi connectivity index (χ1n) is 8.64. The molecule has 1 N–H and O–H groups in total. The summed E-state index contributed by atoms with van der Waals surface area (Å²) in [5.74, 6) is -0.0758. The van der Waals surface area contributed by atoms with Gasteiger partial charge in [-0.1, -0.05) is 36.0 Å². The zero-order valence-corrected chi connectivity index (χ0v) is 15.1. The minimum absolute atomic E-state index is 0.0758. The number of para-hydroxylation sites is 2. The van der Waals surface area contributed by atoms with Gasteiger partial charge in [0.1, 0.15) is 0 Å². The number of nitrogens with one attached hydrogen (secondary N) is 1. The summed E-state index contributed by atoms with van der Waals surface area (Å²) < 4.78 is 0. The number of rotatable bonds is 5. The molecule has 0 saturated carbocycles. The van der Waals surface area contributed by atoms with E-state index >= 15 is 0 Å². The largest absolute Gasteiger partial charge is 0.352 e. The molecule has 4 rings (SSSR count). The number of pyridine rings is 1. The van der Waals surface area contributed by atoms with Gasteiger partial charge in [-0.2, -0.15) is 0 Å². The van der Waals surface area contributed by atoms with Gasteiger partial charge in [0.2, 0.25) is 0 Å². The third-order valence-electron chi connectivity index (χ3n) is 4.30. The van der Waals surface area contributed by atoms with Crippen LogP contribution in [0.5, 0.6) is 0 Å². The quantitative estimate of drug-likeness (QED) is 0.680. The van der Waals surface area contributed by atoms with Gasteiger partial charge in [0.25, 0.3) is 5.91 Å². The molecule has 1 aromatic heterocycles. The van der Waals surface area contributed by atoms with E-state index in [1.165, 1.54) is 21.2 Å². The number of fused-ring (bicyclic) bond motifs is 2. The average molecular weight is 361 g/mol. The minimum atomic E-state index is -0.0758. The van der Waals surface area contributed by atoms with Gasteiger partial charge in [-0.25, -0.2) is 0 Å². The highest BCUT2D eigenvalue weighted by Crippen LogP contribution is 2.47. The van der Waals surface area contributed by atoms with E-state index in [1.807, 2.05) is 11.8 Å². The number of nitrogens with zero attached hydrogens (tertiary/aromatic N) is 2. The Bertz CT molecular complexity index is 868. The molecule has 2 aromatic carbocycles. The standard InChI is InChI=1S/C21H19N3OS/c25-21(16-7-5-12-22-15-16)23-13-6-14-24-17-8-1-3-10-19(17)26-20-11-4-2-9-18(20)24/h1-5,7-12,15H,6,13-14H2,(H,23,25). The van der Waals surface area contributed by atoms with E-state index in [0.29, 0.717) is 12.1 Å². The average Bonchev–Trinajstić information content (AvgIpc) is 2.71. The van der Waals surface area contributed by atoms with Crippen LogP contribution in [0, 0.1) is 0 Å². The molecule has 1 amide bonds. The molecule has 0 atom stereocenters. The van der Waals surface area contributed by atoms with Crippen LogP contribution < -0.4 is 10.2 Å². The molecule has 5 heteroatoms. The van der Waals surface area contributed by atoms with E-state index in [2.05, 4.69) is 63.7 Å². The van der Waals surface area contributed by atoms with Gasteiger partial charge in [-0.15, -0.1) is 0 Å². The lowest BCUT2D eigenvalue weighted by atomic mass is 10.2. The first-order valence-corrected chi connectivity index (χ1v) is 9.46. The van der Waals surface area contributed by atoms with Gasteiger partial charge < -0.3 is 10.2 Å². The van der Waals surface area contributed by atoms with E-state index in [0.717, 1.165) is 13.0 Å². The molecule has 1 aliphatic rings. The fourth-order valence-corrected chi connectivity index (χ4v) is 4.16. The fourth-order valence-electron chi connectivity index (χ4n) is 3.06. The molecule has 130 valence electrons. The van der Waals surface area contributed by atoms with Crippen molar-refractivity contribution in [1.82, 2.24) is 10.3 Å². The van der Waals surface area contributed by atoms with Crippen LogP contribution in [0.2, 0.25) is 0 Å². The zero-order valence-electron chi connectivity index (χ0n) is 14.3. The Morgan fingerprint density at radius 2 is 1.65 bits per heavy atom. The van der Waals surface area contributed by atoms with Crippen molar-refractivity contribution in [2.45, 2.75) is 16.2 Å². The van der Waals surface area contributed by atoms with Crippen LogP contribution in [0.3, 0.4) is 0 Å². The highest BCUT2D eigenvalue weighted by molar-refractivity contribution is 7.99. The Hall–Kier alpha value is -2.79. The second-order valence-electron chi connectivity index (χ2n) is 6.04. The number of carbonyl (C=O) groups is 1. The molecule has 2 heterocycles. The molecule has 0 bridgehead atoms. The number of carbonyl (C=O) groups excluding carboxylic acids is 1. The van der Waals surface area contributed by atoms with Crippen LogP contribution in [-0.4, -0.2) is 24.0 Å². The third kappa shape index (κ3) is 3.44. The summed E-state index contributed by atoms with van der Waals surface area (Å²) in [6.45, 7) is 1.48. The number of hydrogen-bond acceptors (Lipinski definition) is 4. The molecule has 0 aliphatic carbocycles. The summed E-state index contributed by atoms with van der Waals surface area (Å²) in [7, 11) is 0. The van der Waals surface area contributed by atoms with Gasteiger partial charge in [-0.3, -0.25) is 9.78 Å². The van der Waals surface area contributed by atoms with Crippen LogP contribution in [0.15, 0.2) is 82.8 Å². The maximum absolute atomic E-state index is 12.1. The van der Waals surface area contributed by atoms with Crippen molar-refractivity contribution in [1.29, 1.82) is 0 Å². The molecule has 4 nitrogen and oxygen atoms in total. The molecule has 0 radical (unpaired) electrons. The van der Waals surface area contributed by atoms with E-state index < -0.39 is 0 Å². The van der Waals surface area contributed by atoms with Gasteiger partial charge in [0.15, 0.2) is 0 Å². The summed E-state index contributed by atoms with van der Waals surface area (Å²) in [5.41, 5.74) is 3.06. The van der Waals surface area contributed by atoms with Crippen molar-refractivity contribution in [3.63, 3.8) is 0 Å². The second-order valence-corrected chi connectivity index (χ2v) is 7.12. The van der Waals surface area contributed by atoms with Gasteiger partial charge in [-0.05, 0) is 42.8 Å². The normalized spacial score (nSPS) is 12.2. The van der Waals surface area contributed by atoms with Crippen molar-refractivity contribution in [3.05, 3.63) is 78.6 Å². The number of hydrogen-bond donors (Lipinski definition) is 1. The summed E-state index contributed by atoms with van der Waals surface area (Å²) in [6.07, 6.45) is 4.11. The Kier molecular flexibility index (Phi) is 4.88. The Balaban J connectivity index is 1.43. The lowest BCUT2D eigenvalue weighted by Crippen LogP contribution is -2.29. The van der Waals surface area contributed by atoms with Crippen LogP contribution in [0.25, 0.3) is 0 Å². The smallest absolute Gasteiger partial charge is 0.252 e. The van der Waals surface area contributed by atoms with Gasteiger partial charge in [0.05, 0.1) is 16.9 Å². The SMILES string of the molecule is O=C(NCCCN1c2ccccc2Sc2ccccc21)c1cccnc1. The second kappa shape index (κ2) is 7.62. The predicted octanol–water partition coefficient (Wildman–Crippen LogP) is 4.50. The fraction of sp³-hybridized carbons (Fsp3) is 0.143. The topological polar surface area (TPSA) is 45.2 Å². The zero-order chi connectivity index (χ0) is 17.8. The van der Waals surface area contributed by atoms with E-state index in [4.69, 9.17) is 0 Å². The van der Waals surface area contributed by atoms with Gasteiger partial charge >= 0.3 is 0 Å². The van der Waals surface area contributed by atoms with Crippen molar-refractivity contribution in [3.8, 4) is 0 Å². The van der Waals surface area contributed by atoms with Crippen molar-refractivity contribution in [2.75, 3.05) is 18.0 Å². The monoisotopic (exact) mass is 361 g/mol.